The van der Waals surface area contributed by atoms with E-state index in [0.717, 1.165) is 16.7 Å². The summed E-state index contributed by atoms with van der Waals surface area (Å²) in [6.07, 6.45) is 0. The van der Waals surface area contributed by atoms with Gasteiger partial charge in [-0.05, 0) is 42.5 Å². The second-order valence-electron chi connectivity index (χ2n) is 5.47. The normalized spacial score (nSPS) is 10.8. The Morgan fingerprint density at radius 2 is 1.69 bits per heavy atom. The summed E-state index contributed by atoms with van der Waals surface area (Å²) in [4.78, 5) is 11.3. The molecule has 0 saturated heterocycles. The molecule has 26 heavy (non-hydrogen) atoms. The molecular weight excluding hydrogens is 336 g/mol. The zero-order valence-corrected chi connectivity index (χ0v) is 13.8. The van der Waals surface area contributed by atoms with Crippen LogP contribution in [0, 0.1) is 0 Å². The largest absolute Gasteiger partial charge is 0.497 e. The fourth-order valence-corrected chi connectivity index (χ4v) is 2.44. The smallest absolute Gasteiger partial charge is 0.336 e. The lowest BCUT2D eigenvalue weighted by Crippen LogP contribution is -1.97. The summed E-state index contributed by atoms with van der Waals surface area (Å²) in [6, 6.07) is 15.6. The highest BCUT2D eigenvalue weighted by molar-refractivity contribution is 5.77. The molecule has 2 aromatic heterocycles. The Balaban J connectivity index is 1.48. The van der Waals surface area contributed by atoms with E-state index in [1.807, 2.05) is 30.3 Å². The first kappa shape index (κ1) is 15.9. The van der Waals surface area contributed by atoms with Gasteiger partial charge in [-0.2, -0.15) is 0 Å². The second-order valence-corrected chi connectivity index (χ2v) is 5.47. The molecule has 0 aliphatic carbocycles. The highest BCUT2D eigenvalue weighted by Gasteiger charge is 2.10. The molecule has 7 nitrogen and oxygen atoms in total. The Morgan fingerprint density at radius 1 is 0.923 bits per heavy atom. The van der Waals surface area contributed by atoms with E-state index in [4.69, 9.17) is 18.3 Å². The predicted octanol–water partition coefficient (Wildman–Crippen LogP) is 3.43. The van der Waals surface area contributed by atoms with Gasteiger partial charge in [0.05, 0.1) is 7.11 Å². The Labute approximate surface area is 147 Å². The lowest BCUT2D eigenvalue weighted by molar-refractivity contribution is 0.264. The zero-order chi connectivity index (χ0) is 17.9. The van der Waals surface area contributed by atoms with E-state index < -0.39 is 5.63 Å². The molecule has 2 heterocycles. The molecule has 7 heteroatoms. The minimum absolute atomic E-state index is 0.103. The van der Waals surface area contributed by atoms with E-state index >= 15 is 0 Å². The van der Waals surface area contributed by atoms with Crippen LogP contribution >= 0.6 is 0 Å². The number of fused-ring (bicyclic) bond motifs is 1. The van der Waals surface area contributed by atoms with Crippen molar-refractivity contribution in [2.75, 3.05) is 7.11 Å². The van der Waals surface area contributed by atoms with E-state index in [0.29, 0.717) is 23.1 Å². The fraction of sp³-hybridized carbons (Fsp3) is 0.105. The van der Waals surface area contributed by atoms with Crippen molar-refractivity contribution in [2.45, 2.75) is 6.61 Å². The summed E-state index contributed by atoms with van der Waals surface area (Å²) in [6.45, 7) is 0.103. The van der Waals surface area contributed by atoms with Gasteiger partial charge in [-0.25, -0.2) is 4.79 Å². The van der Waals surface area contributed by atoms with Crippen LogP contribution in [-0.2, 0) is 6.61 Å². The minimum Gasteiger partial charge on any atom is -0.497 e. The van der Waals surface area contributed by atoms with Crippen LogP contribution in [0.25, 0.3) is 22.4 Å². The Kier molecular flexibility index (Phi) is 4.10. The number of rotatable bonds is 5. The van der Waals surface area contributed by atoms with Crippen molar-refractivity contribution in [3.8, 4) is 23.0 Å². The van der Waals surface area contributed by atoms with Crippen LogP contribution in [0.3, 0.4) is 0 Å². The van der Waals surface area contributed by atoms with E-state index in [1.165, 1.54) is 6.07 Å². The van der Waals surface area contributed by atoms with Crippen LogP contribution < -0.4 is 15.1 Å². The number of hydrogen-bond acceptors (Lipinski definition) is 7. The van der Waals surface area contributed by atoms with Gasteiger partial charge in [0.1, 0.15) is 17.1 Å². The molecule has 0 saturated carbocycles. The van der Waals surface area contributed by atoms with Crippen molar-refractivity contribution in [1.29, 1.82) is 0 Å². The molecule has 130 valence electrons. The molecule has 0 N–H and O–H groups in total. The average molecular weight is 350 g/mol. The maximum Gasteiger partial charge on any atom is 0.336 e. The maximum atomic E-state index is 11.3. The first-order chi connectivity index (χ1) is 12.7. The summed E-state index contributed by atoms with van der Waals surface area (Å²) < 4.78 is 21.5. The average Bonchev–Trinajstić information content (AvgIpc) is 3.15. The summed E-state index contributed by atoms with van der Waals surface area (Å²) in [5, 5.41) is 8.81. The Morgan fingerprint density at radius 3 is 2.50 bits per heavy atom. The van der Waals surface area contributed by atoms with Gasteiger partial charge in [-0.1, -0.05) is 0 Å². The van der Waals surface area contributed by atoms with Gasteiger partial charge >= 0.3 is 5.63 Å². The molecule has 0 unspecified atom stereocenters. The number of benzene rings is 2. The van der Waals surface area contributed by atoms with Crippen LogP contribution in [0.5, 0.6) is 11.5 Å². The predicted molar refractivity (Wildman–Crippen MR) is 93.1 cm³/mol. The molecule has 0 amide bonds. The molecule has 4 aromatic rings. The first-order valence-electron chi connectivity index (χ1n) is 7.85. The van der Waals surface area contributed by atoms with Crippen LogP contribution in [0.2, 0.25) is 0 Å². The van der Waals surface area contributed by atoms with E-state index in [9.17, 15) is 4.79 Å². The van der Waals surface area contributed by atoms with Crippen molar-refractivity contribution >= 4 is 11.0 Å². The third-order valence-electron chi connectivity index (χ3n) is 3.76. The van der Waals surface area contributed by atoms with Crippen LogP contribution in [0.4, 0.5) is 0 Å². The van der Waals surface area contributed by atoms with Gasteiger partial charge in [0.15, 0.2) is 6.61 Å². The SMILES string of the molecule is COc1ccc(-c2nnc(COc3ccc4ccc(=O)oc4c3)o2)cc1. The van der Waals surface area contributed by atoms with Gasteiger partial charge in [-0.15, -0.1) is 10.2 Å². The molecule has 4 rings (SSSR count). The third-order valence-corrected chi connectivity index (χ3v) is 3.76. The summed E-state index contributed by atoms with van der Waals surface area (Å²) in [5.41, 5.74) is 0.840. The van der Waals surface area contributed by atoms with Gasteiger partial charge in [0.2, 0.25) is 5.89 Å². The summed E-state index contributed by atoms with van der Waals surface area (Å²) in [5.74, 6) is 2.03. The molecule has 0 radical (unpaired) electrons. The van der Waals surface area contributed by atoms with E-state index in [-0.39, 0.29) is 6.61 Å². The van der Waals surface area contributed by atoms with E-state index in [1.54, 1.807) is 25.3 Å². The van der Waals surface area contributed by atoms with Crippen molar-refractivity contribution in [2.24, 2.45) is 0 Å². The Bertz CT molecular complexity index is 1100. The highest BCUT2D eigenvalue weighted by atomic mass is 16.5. The lowest BCUT2D eigenvalue weighted by atomic mass is 10.2. The number of hydrogen-bond donors (Lipinski definition) is 0. The molecular formula is C19H14N2O5. The van der Waals surface area contributed by atoms with Gasteiger partial charge in [-0.3, -0.25) is 0 Å². The van der Waals surface area contributed by atoms with Gasteiger partial charge in [0.25, 0.3) is 5.89 Å². The molecule has 2 aromatic carbocycles. The first-order valence-corrected chi connectivity index (χ1v) is 7.85. The fourth-order valence-electron chi connectivity index (χ4n) is 2.44. The van der Waals surface area contributed by atoms with Crippen molar-refractivity contribution in [1.82, 2.24) is 10.2 Å². The van der Waals surface area contributed by atoms with Crippen molar-refractivity contribution in [3.63, 3.8) is 0 Å². The number of methoxy groups -OCH3 is 1. The van der Waals surface area contributed by atoms with Gasteiger partial charge in [0, 0.05) is 23.1 Å². The number of aromatic nitrogens is 2. The highest BCUT2D eigenvalue weighted by Crippen LogP contribution is 2.23. The van der Waals surface area contributed by atoms with Crippen molar-refractivity contribution in [3.05, 3.63) is 70.9 Å². The molecule has 0 aliphatic heterocycles. The van der Waals surface area contributed by atoms with Crippen LogP contribution in [0.1, 0.15) is 5.89 Å². The number of ether oxygens (including phenoxy) is 2. The topological polar surface area (TPSA) is 87.6 Å². The Hall–Kier alpha value is -3.61. The molecule has 0 atom stereocenters. The molecule has 0 fully saturated rings. The van der Waals surface area contributed by atoms with Crippen molar-refractivity contribution < 1.29 is 18.3 Å². The van der Waals surface area contributed by atoms with Crippen LogP contribution in [0.15, 0.2) is 68.2 Å². The number of nitrogens with zero attached hydrogens (tertiary/aromatic N) is 2. The minimum atomic E-state index is -0.407. The lowest BCUT2D eigenvalue weighted by Gasteiger charge is -2.04. The molecule has 0 aliphatic rings. The summed E-state index contributed by atoms with van der Waals surface area (Å²) >= 11 is 0. The summed E-state index contributed by atoms with van der Waals surface area (Å²) in [7, 11) is 1.61. The van der Waals surface area contributed by atoms with E-state index in [2.05, 4.69) is 10.2 Å². The van der Waals surface area contributed by atoms with Gasteiger partial charge < -0.3 is 18.3 Å². The second kappa shape index (κ2) is 6.72. The standard InChI is InChI=1S/C19H14N2O5/c1-23-14-6-3-13(4-7-14)19-21-20-17(26-19)11-24-15-8-2-12-5-9-18(22)25-16(12)10-15/h2-10H,11H2,1H3. The third kappa shape index (κ3) is 3.27. The molecule has 0 bridgehead atoms. The maximum absolute atomic E-state index is 11.3. The zero-order valence-electron chi connectivity index (χ0n) is 13.8. The quantitative estimate of drug-likeness (QED) is 0.510. The monoisotopic (exact) mass is 350 g/mol. The molecule has 0 spiro atoms. The van der Waals surface area contributed by atoms with Crippen LogP contribution in [-0.4, -0.2) is 17.3 Å².